The Kier molecular flexibility index (Phi) is 70.3. The van der Waals surface area contributed by atoms with Crippen molar-refractivity contribution < 1.29 is 152 Å². The van der Waals surface area contributed by atoms with Crippen LogP contribution in [0.25, 0.3) is 0 Å². The number of benzene rings is 4. The molecule has 0 unspecified atom stereocenters. The minimum Gasteiger partial charge on any atom is -0.460 e. The second-order valence-corrected chi connectivity index (χ2v) is 33.3. The molecule has 131 heavy (non-hydrogen) atoms. The van der Waals surface area contributed by atoms with Gasteiger partial charge >= 0.3 is 23.9 Å². The molecule has 35 nitrogen and oxygen atoms in total. The zero-order chi connectivity index (χ0) is 94.0. The highest BCUT2D eigenvalue weighted by atomic mass is 28.3. The fourth-order valence-corrected chi connectivity index (χ4v) is 10.8. The Morgan fingerprint density at radius 3 is 0.588 bits per heavy atom. The maximum Gasteiger partial charge on any atom is 0.338 e. The number of methoxy groups -OCH3 is 4. The summed E-state index contributed by atoms with van der Waals surface area (Å²) in [6, 6.07) is 19.4. The lowest BCUT2D eigenvalue weighted by atomic mass is 10.0. The van der Waals surface area contributed by atoms with Crippen LogP contribution in [0, 0.1) is 47.0 Å². The Hall–Kier alpha value is -8.34. The fraction of sp³-hybridized carbons (Fsp3) is 0.621. The summed E-state index contributed by atoms with van der Waals surface area (Å²) < 4.78 is 154. The van der Waals surface area contributed by atoms with Gasteiger partial charge in [0, 0.05) is 80.5 Å². The smallest absolute Gasteiger partial charge is 0.338 e. The van der Waals surface area contributed by atoms with E-state index < -0.39 is 32.0 Å². The quantitative estimate of drug-likeness (QED) is 0.00768. The van der Waals surface area contributed by atoms with E-state index in [0.29, 0.717) is 282 Å². The number of ether oxygens (including phenoxy) is 28. The van der Waals surface area contributed by atoms with Crippen molar-refractivity contribution in [2.24, 2.45) is 10.3 Å². The molecule has 36 heteroatoms. The van der Waals surface area contributed by atoms with Gasteiger partial charge in [0.25, 0.3) is 0 Å². The van der Waals surface area contributed by atoms with Crippen LogP contribution in [-0.2, 0) is 133 Å². The van der Waals surface area contributed by atoms with E-state index >= 15 is 0 Å². The van der Waals surface area contributed by atoms with Gasteiger partial charge in [-0.25, -0.2) is 19.2 Å². The molecule has 4 rings (SSSR count). The van der Waals surface area contributed by atoms with Crippen molar-refractivity contribution >= 4 is 37.6 Å². The predicted molar refractivity (Wildman–Crippen MR) is 486 cm³/mol. The number of carbonyl (C=O) groups is 4. The molecular weight excluding hydrogens is 1720 g/mol. The molecule has 0 aliphatic carbocycles. The van der Waals surface area contributed by atoms with E-state index in [1.165, 1.54) is 0 Å². The molecule has 0 saturated heterocycles. The first-order valence-electron chi connectivity index (χ1n) is 44.2. The van der Waals surface area contributed by atoms with Crippen molar-refractivity contribution in [1.29, 1.82) is 0 Å². The highest BCUT2D eigenvalue weighted by molar-refractivity contribution is 6.83. The average Bonchev–Trinajstić information content (AvgIpc) is 0.830. The first-order chi connectivity index (χ1) is 64.2. The minimum atomic E-state index is -1.92. The molecule has 0 atom stereocenters. The molecule has 730 valence electrons. The van der Waals surface area contributed by atoms with Crippen molar-refractivity contribution in [3.8, 4) is 47.0 Å². The maximum absolute atomic E-state index is 14.1. The predicted octanol–water partition coefficient (Wildman–Crippen LogP) is 8.00. The van der Waals surface area contributed by atoms with Gasteiger partial charge in [0.15, 0.2) is 0 Å². The Morgan fingerprint density at radius 1 is 0.237 bits per heavy atom. The minimum absolute atomic E-state index is 0.0392. The number of carbonyl (C=O) groups excluding carboxylic acids is 4. The van der Waals surface area contributed by atoms with Gasteiger partial charge in [-0.3, -0.25) is 5.01 Å². The normalized spacial score (nSPS) is 11.2. The Balaban J connectivity index is 1.62. The summed E-state index contributed by atoms with van der Waals surface area (Å²) in [5.41, 5.74) is 6.87. The summed E-state index contributed by atoms with van der Waals surface area (Å²) in [5.74, 6) is 19.6. The lowest BCUT2D eigenvalue weighted by Gasteiger charge is -2.11. The van der Waals surface area contributed by atoms with Gasteiger partial charge in [0.05, 0.1) is 319 Å². The number of nitrogens with zero attached hydrogens (tertiary/aromatic N) is 3. The van der Waals surface area contributed by atoms with Crippen molar-refractivity contribution in [2.45, 2.75) is 33.5 Å². The maximum atomic E-state index is 14.1. The highest BCUT2D eigenvalue weighted by Gasteiger charge is 2.17. The van der Waals surface area contributed by atoms with Crippen molar-refractivity contribution in [3.63, 3.8) is 0 Å². The SMILES string of the molecule is CCN(CC)N=Nc1cc(C#Cc2cc(C#Cc3cc(C#Cc4cc(C#C[Si](C)(C)C)cc(C(=O)OCCOCCOCCOCCOCCOCCOC)c4)cc(C(=O)OCCOCCOCCOCCOCCOCCOC)c3)cc(C(=O)OCCOCCOCCOCCOCCOCCOC)c2)cc(C(=O)OCCOCCOCCOCCOCCOCCOC)c1. The summed E-state index contributed by atoms with van der Waals surface area (Å²) in [7, 11) is 4.55. The van der Waals surface area contributed by atoms with Crippen LogP contribution in [0.5, 0.6) is 0 Å². The molecule has 0 heterocycles. The van der Waals surface area contributed by atoms with Gasteiger partial charge in [-0.05, 0) is 86.6 Å². The summed E-state index contributed by atoms with van der Waals surface area (Å²) in [4.78, 5) is 55.8. The molecular formula is C95H139N3O32Si. The third-order valence-electron chi connectivity index (χ3n) is 16.8. The molecule has 0 aliphatic rings. The van der Waals surface area contributed by atoms with Crippen LogP contribution in [0.1, 0.15) is 94.2 Å². The van der Waals surface area contributed by atoms with E-state index in [0.717, 1.165) is 0 Å². The first-order valence-corrected chi connectivity index (χ1v) is 47.7. The monoisotopic (exact) mass is 1860 g/mol. The number of hydrogen-bond acceptors (Lipinski definition) is 34. The van der Waals surface area contributed by atoms with Crippen molar-refractivity contribution in [2.75, 3.05) is 359 Å². The van der Waals surface area contributed by atoms with E-state index in [2.05, 4.69) is 77.0 Å². The van der Waals surface area contributed by atoms with Crippen LogP contribution in [0.2, 0.25) is 19.6 Å². The van der Waals surface area contributed by atoms with E-state index in [-0.39, 0.29) is 115 Å². The third-order valence-corrected chi connectivity index (χ3v) is 17.7. The number of hydrogen-bond donors (Lipinski definition) is 0. The van der Waals surface area contributed by atoms with Crippen LogP contribution in [0.3, 0.4) is 0 Å². The first kappa shape index (κ1) is 115. The van der Waals surface area contributed by atoms with Crippen molar-refractivity contribution in [3.05, 3.63) is 134 Å². The zero-order valence-electron chi connectivity index (χ0n) is 78.2. The summed E-state index contributed by atoms with van der Waals surface area (Å²) in [6.45, 7) is 27.5. The van der Waals surface area contributed by atoms with Crippen LogP contribution in [-0.4, -0.2) is 396 Å². The number of esters is 4. The van der Waals surface area contributed by atoms with Gasteiger partial charge in [-0.15, -0.1) is 10.7 Å². The molecule has 0 saturated carbocycles. The summed E-state index contributed by atoms with van der Waals surface area (Å²) in [5, 5.41) is 10.6. The van der Waals surface area contributed by atoms with E-state index in [9.17, 15) is 19.2 Å². The standard InChI is InChI=1S/C95H139N3O32Si/c1-10-98(11-2)97-96-91-78-85(76-90(79-91)95(102)130-66-62-126-58-54-122-50-46-118-42-38-114-34-30-110-26-22-106-6)17-16-83-69-81(72-88(74-83)93(100)128-64-60-124-56-52-120-48-44-116-40-36-112-32-28-108-24-20-104-4)13-12-80-68-82(73-87(71-80)92(99)127-63-59-123-55-51-119-47-43-115-39-35-111-31-27-107-23-19-103-3)14-15-84-70-86(18-67-131(7,8)9)77-89(75-84)94(101)129-65-61-125-57-53-121-49-45-117-41-37-113-33-29-109-25-21-105-5/h68-79H,10-11,19-66H2,1-9H3. The molecule has 0 amide bonds. The summed E-state index contributed by atoms with van der Waals surface area (Å²) in [6.07, 6.45) is 0. The fourth-order valence-electron chi connectivity index (χ4n) is 10.3. The molecule has 4 aromatic rings. The molecule has 0 N–H and O–H groups in total. The van der Waals surface area contributed by atoms with Crippen molar-refractivity contribution in [1.82, 2.24) is 5.01 Å². The lowest BCUT2D eigenvalue weighted by Crippen LogP contribution is -2.16. The lowest BCUT2D eigenvalue weighted by molar-refractivity contribution is -0.0178. The molecule has 4 aromatic carbocycles. The molecule has 0 fully saturated rings. The molecule has 0 radical (unpaired) electrons. The van der Waals surface area contributed by atoms with E-state index in [4.69, 9.17) is 133 Å². The van der Waals surface area contributed by atoms with Gasteiger partial charge in [0.1, 0.15) is 34.5 Å². The van der Waals surface area contributed by atoms with Crippen LogP contribution in [0.15, 0.2) is 83.1 Å². The van der Waals surface area contributed by atoms with Gasteiger partial charge in [-0.2, -0.15) is 0 Å². The van der Waals surface area contributed by atoms with E-state index in [1.807, 2.05) is 13.8 Å². The number of rotatable bonds is 80. The molecule has 0 bridgehead atoms. The average molecular weight is 1860 g/mol. The van der Waals surface area contributed by atoms with Crippen LogP contribution in [0.4, 0.5) is 5.69 Å². The Bertz CT molecular complexity index is 3970. The topological polar surface area (TPSA) is 355 Å². The largest absolute Gasteiger partial charge is 0.460 e. The van der Waals surface area contributed by atoms with Gasteiger partial charge in [-0.1, -0.05) is 66.3 Å². The molecule has 0 aliphatic heterocycles. The second-order valence-electron chi connectivity index (χ2n) is 28.5. The van der Waals surface area contributed by atoms with Gasteiger partial charge in [0.2, 0.25) is 0 Å². The van der Waals surface area contributed by atoms with E-state index in [1.54, 1.807) is 106 Å². The Morgan fingerprint density at radius 2 is 0.405 bits per heavy atom. The second kappa shape index (κ2) is 80.1. The molecule has 0 aromatic heterocycles. The summed E-state index contributed by atoms with van der Waals surface area (Å²) >= 11 is 0. The van der Waals surface area contributed by atoms with Crippen LogP contribution < -0.4 is 0 Å². The van der Waals surface area contributed by atoms with Gasteiger partial charge < -0.3 is 133 Å². The molecule has 0 spiro atoms. The highest BCUT2D eigenvalue weighted by Crippen LogP contribution is 2.22. The Labute approximate surface area is 774 Å². The van der Waals surface area contributed by atoms with Crippen LogP contribution >= 0.6 is 0 Å². The third kappa shape index (κ3) is 63.5. The zero-order valence-corrected chi connectivity index (χ0v) is 79.2.